The molecule has 1 amide bonds. The summed E-state index contributed by atoms with van der Waals surface area (Å²) in [7, 11) is 0. The van der Waals surface area contributed by atoms with Crippen molar-refractivity contribution in [3.8, 4) is 0 Å². The third-order valence-corrected chi connectivity index (χ3v) is 4.76. The Bertz CT molecular complexity index is 602. The van der Waals surface area contributed by atoms with Gasteiger partial charge in [0, 0.05) is 24.0 Å². The zero-order valence-electron chi connectivity index (χ0n) is 14.7. The van der Waals surface area contributed by atoms with Crippen LogP contribution in [0.3, 0.4) is 0 Å². The number of likely N-dealkylation sites (tertiary alicyclic amines) is 1. The number of nitrogens with zero attached hydrogens (tertiary/aromatic N) is 1. The quantitative estimate of drug-likeness (QED) is 0.760. The zero-order chi connectivity index (χ0) is 17.7. The number of rotatable bonds is 5. The van der Waals surface area contributed by atoms with Gasteiger partial charge in [-0.3, -0.25) is 9.59 Å². The van der Waals surface area contributed by atoms with Crippen molar-refractivity contribution in [1.82, 2.24) is 4.90 Å². The molecular weight excluding hydrogens is 326 g/mol. The molecule has 0 aromatic heterocycles. The molecule has 1 saturated heterocycles. The average molecular weight is 352 g/mol. The van der Waals surface area contributed by atoms with Crippen LogP contribution in [-0.2, 0) is 20.7 Å². The Balaban J connectivity index is 2.29. The minimum atomic E-state index is -0.691. The molecule has 1 aromatic carbocycles. The summed E-state index contributed by atoms with van der Waals surface area (Å²) in [6.07, 6.45) is 2.06. The third kappa shape index (κ3) is 4.29. The highest BCUT2D eigenvalue weighted by molar-refractivity contribution is 6.30. The van der Waals surface area contributed by atoms with Gasteiger partial charge in [0.15, 0.2) is 0 Å². The minimum Gasteiger partial charge on any atom is -0.466 e. The molecule has 2 rings (SSSR count). The maximum atomic E-state index is 12.8. The summed E-state index contributed by atoms with van der Waals surface area (Å²) in [4.78, 5) is 27.0. The van der Waals surface area contributed by atoms with E-state index >= 15 is 0 Å². The van der Waals surface area contributed by atoms with Crippen LogP contribution in [0.4, 0.5) is 0 Å². The second-order valence-electron chi connectivity index (χ2n) is 6.83. The normalized spacial score (nSPS) is 21.0. The number of hydrogen-bond acceptors (Lipinski definition) is 3. The third-order valence-electron chi connectivity index (χ3n) is 4.52. The molecule has 0 bridgehead atoms. The second kappa shape index (κ2) is 8.02. The van der Waals surface area contributed by atoms with E-state index in [0.717, 1.165) is 18.4 Å². The first kappa shape index (κ1) is 18.8. The van der Waals surface area contributed by atoms with Crippen molar-refractivity contribution in [3.63, 3.8) is 0 Å². The number of carbonyl (C=O) groups is 2. The van der Waals surface area contributed by atoms with Crippen molar-refractivity contribution < 1.29 is 14.3 Å². The van der Waals surface area contributed by atoms with Crippen LogP contribution < -0.4 is 0 Å². The fourth-order valence-corrected chi connectivity index (χ4v) is 3.60. The molecule has 0 spiro atoms. The summed E-state index contributed by atoms with van der Waals surface area (Å²) in [5.41, 5.74) is 0.304. The van der Waals surface area contributed by atoms with Crippen molar-refractivity contribution in [2.24, 2.45) is 11.3 Å². The van der Waals surface area contributed by atoms with Gasteiger partial charge in [-0.2, -0.15) is 0 Å². The van der Waals surface area contributed by atoms with Gasteiger partial charge in [0.25, 0.3) is 0 Å². The number of hydrogen-bond donors (Lipinski definition) is 0. The first-order chi connectivity index (χ1) is 11.4. The van der Waals surface area contributed by atoms with Crippen LogP contribution in [0.5, 0.6) is 0 Å². The topological polar surface area (TPSA) is 46.6 Å². The van der Waals surface area contributed by atoms with Gasteiger partial charge in [-0.1, -0.05) is 37.6 Å². The molecule has 1 atom stereocenters. The first-order valence-corrected chi connectivity index (χ1v) is 8.96. The molecule has 1 heterocycles. The van der Waals surface area contributed by atoms with Crippen molar-refractivity contribution in [2.75, 3.05) is 19.7 Å². The fourth-order valence-electron chi connectivity index (χ4n) is 3.39. The molecule has 1 aliphatic rings. The summed E-state index contributed by atoms with van der Waals surface area (Å²) in [5.74, 6) is -0.199. The molecule has 0 saturated carbocycles. The van der Waals surface area contributed by atoms with Gasteiger partial charge in [0.2, 0.25) is 5.91 Å². The van der Waals surface area contributed by atoms with Gasteiger partial charge in [-0.05, 0) is 43.9 Å². The highest BCUT2D eigenvalue weighted by atomic mass is 35.5. The van der Waals surface area contributed by atoms with E-state index in [1.807, 2.05) is 49.9 Å². The van der Waals surface area contributed by atoms with E-state index in [0.29, 0.717) is 31.1 Å². The van der Waals surface area contributed by atoms with Crippen LogP contribution in [-0.4, -0.2) is 36.5 Å². The van der Waals surface area contributed by atoms with Crippen LogP contribution in [0, 0.1) is 11.3 Å². The molecule has 5 heteroatoms. The van der Waals surface area contributed by atoms with Gasteiger partial charge in [0.1, 0.15) is 0 Å². The summed E-state index contributed by atoms with van der Waals surface area (Å²) in [6, 6.07) is 7.55. The maximum Gasteiger partial charge on any atom is 0.314 e. The van der Waals surface area contributed by atoms with E-state index in [1.165, 1.54) is 0 Å². The maximum absolute atomic E-state index is 12.8. The largest absolute Gasteiger partial charge is 0.466 e. The number of halogens is 1. The van der Waals surface area contributed by atoms with Crippen LogP contribution in [0.25, 0.3) is 0 Å². The number of carbonyl (C=O) groups excluding carboxylic acids is 2. The molecular formula is C19H26ClNO3. The smallest absolute Gasteiger partial charge is 0.314 e. The lowest BCUT2D eigenvalue weighted by Crippen LogP contribution is -2.52. The van der Waals surface area contributed by atoms with E-state index in [9.17, 15) is 9.59 Å². The average Bonchev–Trinajstić information content (AvgIpc) is 2.54. The van der Waals surface area contributed by atoms with Crippen LogP contribution in [0.2, 0.25) is 5.02 Å². The van der Waals surface area contributed by atoms with Gasteiger partial charge in [-0.15, -0.1) is 0 Å². The Hall–Kier alpha value is -1.55. The molecule has 132 valence electrons. The second-order valence-corrected chi connectivity index (χ2v) is 7.26. The number of piperidine rings is 1. The van der Waals surface area contributed by atoms with Gasteiger partial charge in [-0.25, -0.2) is 0 Å². The van der Waals surface area contributed by atoms with Crippen molar-refractivity contribution in [3.05, 3.63) is 34.9 Å². The number of benzene rings is 1. The standard InChI is InChI=1S/C19H26ClNO3/c1-4-24-18(23)19(12-15-7-5-8-16(20)11-15)9-6-10-21(13-19)17(22)14(2)3/h5,7-8,11,14H,4,6,9-10,12-13H2,1-3H3/t19-/m0/s1. The Morgan fingerprint density at radius 1 is 1.38 bits per heavy atom. The van der Waals surface area contributed by atoms with Crippen molar-refractivity contribution >= 4 is 23.5 Å². The van der Waals surface area contributed by atoms with Crippen LogP contribution >= 0.6 is 11.6 Å². The molecule has 1 fully saturated rings. The number of amides is 1. The predicted molar refractivity (Wildman–Crippen MR) is 94.9 cm³/mol. The van der Waals surface area contributed by atoms with E-state index in [4.69, 9.17) is 16.3 Å². The molecule has 0 unspecified atom stereocenters. The van der Waals surface area contributed by atoms with E-state index in [-0.39, 0.29) is 17.8 Å². The summed E-state index contributed by atoms with van der Waals surface area (Å²) < 4.78 is 5.37. The summed E-state index contributed by atoms with van der Waals surface area (Å²) >= 11 is 6.09. The SMILES string of the molecule is CCOC(=O)[C@]1(Cc2cccc(Cl)c2)CCCN(C(=O)C(C)C)C1. The summed E-state index contributed by atoms with van der Waals surface area (Å²) in [6.45, 7) is 7.04. The molecule has 24 heavy (non-hydrogen) atoms. The van der Waals surface area contributed by atoms with Crippen molar-refractivity contribution in [2.45, 2.75) is 40.0 Å². The van der Waals surface area contributed by atoms with Gasteiger partial charge in [0.05, 0.1) is 12.0 Å². The van der Waals surface area contributed by atoms with Crippen LogP contribution in [0.15, 0.2) is 24.3 Å². The minimum absolute atomic E-state index is 0.0748. The van der Waals surface area contributed by atoms with E-state index < -0.39 is 5.41 Å². The van der Waals surface area contributed by atoms with E-state index in [2.05, 4.69) is 0 Å². The molecule has 0 radical (unpaired) electrons. The van der Waals surface area contributed by atoms with Crippen LogP contribution in [0.1, 0.15) is 39.2 Å². The van der Waals surface area contributed by atoms with Crippen molar-refractivity contribution in [1.29, 1.82) is 0 Å². The highest BCUT2D eigenvalue weighted by Gasteiger charge is 2.45. The number of esters is 1. The lowest BCUT2D eigenvalue weighted by molar-refractivity contribution is -0.161. The number of ether oxygens (including phenoxy) is 1. The lowest BCUT2D eigenvalue weighted by Gasteiger charge is -2.41. The lowest BCUT2D eigenvalue weighted by atomic mass is 9.75. The molecule has 4 nitrogen and oxygen atoms in total. The Morgan fingerprint density at radius 2 is 2.12 bits per heavy atom. The molecule has 0 N–H and O–H groups in total. The van der Waals surface area contributed by atoms with Gasteiger partial charge >= 0.3 is 5.97 Å². The van der Waals surface area contributed by atoms with Gasteiger partial charge < -0.3 is 9.64 Å². The Morgan fingerprint density at radius 3 is 2.75 bits per heavy atom. The zero-order valence-corrected chi connectivity index (χ0v) is 15.4. The first-order valence-electron chi connectivity index (χ1n) is 8.58. The molecule has 1 aromatic rings. The molecule has 1 aliphatic heterocycles. The fraction of sp³-hybridized carbons (Fsp3) is 0.579. The highest BCUT2D eigenvalue weighted by Crippen LogP contribution is 2.36. The Kier molecular flexibility index (Phi) is 6.27. The monoisotopic (exact) mass is 351 g/mol. The Labute approximate surface area is 149 Å². The summed E-state index contributed by atoms with van der Waals surface area (Å²) in [5, 5.41) is 0.650. The van der Waals surface area contributed by atoms with E-state index in [1.54, 1.807) is 0 Å². The predicted octanol–water partition coefficient (Wildman–Crippen LogP) is 3.71. The molecule has 0 aliphatic carbocycles.